The molecule has 0 rings (SSSR count). The molecule has 0 aliphatic rings. The molecule has 0 aliphatic carbocycles. The first-order valence-electron chi connectivity index (χ1n) is 4.87. The van der Waals surface area contributed by atoms with Gasteiger partial charge in [0, 0.05) is 33.7 Å². The Labute approximate surface area is 89.7 Å². The fourth-order valence-electron chi connectivity index (χ4n) is 0.884. The molecule has 0 aliphatic heterocycles. The lowest BCUT2D eigenvalue weighted by atomic mass is 10.5. The summed E-state index contributed by atoms with van der Waals surface area (Å²) in [7, 11) is 1.58. The van der Waals surface area contributed by atoms with Crippen LogP contribution in [0.25, 0.3) is 0 Å². The Morgan fingerprint density at radius 3 is 2.47 bits per heavy atom. The van der Waals surface area contributed by atoms with Crippen LogP contribution in [-0.4, -0.2) is 51.7 Å². The largest absolute Gasteiger partial charge is 0.383 e. The molecule has 0 unspecified atom stereocenters. The molecule has 3 N–H and O–H groups in total. The molecule has 0 bridgehead atoms. The van der Waals surface area contributed by atoms with Crippen LogP contribution in [0.1, 0.15) is 6.92 Å². The summed E-state index contributed by atoms with van der Waals surface area (Å²) >= 11 is 0. The number of hydrogen-bond donors (Lipinski definition) is 3. The number of nitrogens with one attached hydrogen (secondary N) is 3. The van der Waals surface area contributed by atoms with Crippen molar-refractivity contribution < 1.29 is 14.3 Å². The minimum atomic E-state index is -0.0742. The molecule has 6 nitrogen and oxygen atoms in total. The topological polar surface area (TPSA) is 79.5 Å². The normalized spacial score (nSPS) is 9.73. The van der Waals surface area contributed by atoms with Crippen molar-refractivity contribution in [2.75, 3.05) is 39.9 Å². The van der Waals surface area contributed by atoms with Gasteiger partial charge < -0.3 is 20.7 Å². The molecule has 0 saturated carbocycles. The molecule has 0 fully saturated rings. The average Bonchev–Trinajstić information content (AvgIpc) is 2.17. The van der Waals surface area contributed by atoms with Crippen LogP contribution in [0, 0.1) is 0 Å². The van der Waals surface area contributed by atoms with Crippen LogP contribution in [0.5, 0.6) is 0 Å². The quantitative estimate of drug-likeness (QED) is 0.431. The Morgan fingerprint density at radius 2 is 1.87 bits per heavy atom. The predicted molar refractivity (Wildman–Crippen MR) is 56.4 cm³/mol. The van der Waals surface area contributed by atoms with E-state index in [0.29, 0.717) is 26.2 Å². The van der Waals surface area contributed by atoms with Crippen LogP contribution < -0.4 is 16.0 Å². The second kappa shape index (κ2) is 9.42. The average molecular weight is 217 g/mol. The summed E-state index contributed by atoms with van der Waals surface area (Å²) in [5.41, 5.74) is 0. The van der Waals surface area contributed by atoms with E-state index in [-0.39, 0.29) is 18.4 Å². The molecule has 0 aromatic rings. The Morgan fingerprint density at radius 1 is 1.13 bits per heavy atom. The predicted octanol–water partition coefficient (Wildman–Crippen LogP) is -1.53. The first-order chi connectivity index (χ1) is 7.16. The summed E-state index contributed by atoms with van der Waals surface area (Å²) < 4.78 is 4.78. The second-order valence-corrected chi connectivity index (χ2v) is 3.00. The summed E-state index contributed by atoms with van der Waals surface area (Å²) in [4.78, 5) is 21.6. The maximum atomic E-state index is 11.1. The highest BCUT2D eigenvalue weighted by atomic mass is 16.5. The van der Waals surface area contributed by atoms with Crippen molar-refractivity contribution in [3.05, 3.63) is 0 Å². The lowest BCUT2D eigenvalue weighted by molar-refractivity contribution is -0.120. The van der Waals surface area contributed by atoms with E-state index < -0.39 is 0 Å². The van der Waals surface area contributed by atoms with Crippen molar-refractivity contribution in [1.29, 1.82) is 0 Å². The Balaban J connectivity index is 3.20. The van der Waals surface area contributed by atoms with Crippen molar-refractivity contribution in [3.63, 3.8) is 0 Å². The maximum Gasteiger partial charge on any atom is 0.234 e. The van der Waals surface area contributed by atoms with E-state index in [1.54, 1.807) is 7.11 Å². The minimum Gasteiger partial charge on any atom is -0.383 e. The van der Waals surface area contributed by atoms with Crippen LogP contribution in [0.2, 0.25) is 0 Å². The molecule has 0 radical (unpaired) electrons. The van der Waals surface area contributed by atoms with Crippen LogP contribution >= 0.6 is 0 Å². The molecular weight excluding hydrogens is 198 g/mol. The molecule has 0 heterocycles. The molecule has 6 heteroatoms. The molecule has 0 saturated heterocycles. The maximum absolute atomic E-state index is 11.1. The Kier molecular flexibility index (Phi) is 8.70. The van der Waals surface area contributed by atoms with E-state index in [9.17, 15) is 9.59 Å². The number of carbonyl (C=O) groups is 2. The number of carbonyl (C=O) groups excluding carboxylic acids is 2. The van der Waals surface area contributed by atoms with E-state index >= 15 is 0 Å². The number of ether oxygens (including phenoxy) is 1. The lowest BCUT2D eigenvalue weighted by Gasteiger charge is -2.06. The van der Waals surface area contributed by atoms with Gasteiger partial charge in [0.05, 0.1) is 13.2 Å². The number of amides is 2. The van der Waals surface area contributed by atoms with E-state index in [1.807, 2.05) is 0 Å². The molecule has 0 spiro atoms. The van der Waals surface area contributed by atoms with Gasteiger partial charge in [0.25, 0.3) is 0 Å². The Bertz CT molecular complexity index is 197. The summed E-state index contributed by atoms with van der Waals surface area (Å²) in [6, 6.07) is 0. The molecule has 0 aromatic heterocycles. The first kappa shape index (κ1) is 13.9. The second-order valence-electron chi connectivity index (χ2n) is 3.00. The van der Waals surface area contributed by atoms with E-state index in [1.165, 1.54) is 6.92 Å². The zero-order chi connectivity index (χ0) is 11.5. The highest BCUT2D eigenvalue weighted by Gasteiger charge is 1.98. The van der Waals surface area contributed by atoms with Crippen molar-refractivity contribution >= 4 is 11.8 Å². The van der Waals surface area contributed by atoms with E-state index in [0.717, 1.165) is 0 Å². The molecule has 15 heavy (non-hydrogen) atoms. The SMILES string of the molecule is COCCNC(=O)CNCCNC(C)=O. The van der Waals surface area contributed by atoms with Crippen molar-refractivity contribution in [1.82, 2.24) is 16.0 Å². The van der Waals surface area contributed by atoms with Gasteiger partial charge in [0.15, 0.2) is 0 Å². The van der Waals surface area contributed by atoms with Gasteiger partial charge in [-0.25, -0.2) is 0 Å². The third-order valence-corrected chi connectivity index (χ3v) is 1.59. The number of rotatable bonds is 8. The van der Waals surface area contributed by atoms with Crippen LogP contribution in [0.3, 0.4) is 0 Å². The molecular formula is C9H19N3O3. The number of hydrogen-bond acceptors (Lipinski definition) is 4. The fraction of sp³-hybridized carbons (Fsp3) is 0.778. The smallest absolute Gasteiger partial charge is 0.234 e. The minimum absolute atomic E-state index is 0.0682. The van der Waals surface area contributed by atoms with Gasteiger partial charge in [-0.15, -0.1) is 0 Å². The third kappa shape index (κ3) is 10.8. The number of methoxy groups -OCH3 is 1. The van der Waals surface area contributed by atoms with Crippen LogP contribution in [0.4, 0.5) is 0 Å². The van der Waals surface area contributed by atoms with Gasteiger partial charge >= 0.3 is 0 Å². The summed E-state index contributed by atoms with van der Waals surface area (Å²) in [6.07, 6.45) is 0. The van der Waals surface area contributed by atoms with E-state index in [2.05, 4.69) is 16.0 Å². The summed E-state index contributed by atoms with van der Waals surface area (Å²) in [5.74, 6) is -0.142. The van der Waals surface area contributed by atoms with Gasteiger partial charge in [-0.3, -0.25) is 9.59 Å². The van der Waals surface area contributed by atoms with Crippen molar-refractivity contribution in [3.8, 4) is 0 Å². The third-order valence-electron chi connectivity index (χ3n) is 1.59. The van der Waals surface area contributed by atoms with Gasteiger partial charge in [0.2, 0.25) is 11.8 Å². The van der Waals surface area contributed by atoms with Crippen LogP contribution in [0.15, 0.2) is 0 Å². The fourth-order valence-corrected chi connectivity index (χ4v) is 0.884. The van der Waals surface area contributed by atoms with Gasteiger partial charge in [-0.1, -0.05) is 0 Å². The zero-order valence-corrected chi connectivity index (χ0v) is 9.26. The first-order valence-corrected chi connectivity index (χ1v) is 4.87. The van der Waals surface area contributed by atoms with Crippen molar-refractivity contribution in [2.45, 2.75) is 6.92 Å². The highest BCUT2D eigenvalue weighted by molar-refractivity contribution is 5.77. The van der Waals surface area contributed by atoms with Gasteiger partial charge in [-0.05, 0) is 0 Å². The Hall–Kier alpha value is -1.14. The summed E-state index contributed by atoms with van der Waals surface area (Å²) in [5, 5.41) is 8.19. The van der Waals surface area contributed by atoms with Gasteiger partial charge in [0.1, 0.15) is 0 Å². The summed E-state index contributed by atoms with van der Waals surface area (Å²) in [6.45, 7) is 3.85. The van der Waals surface area contributed by atoms with E-state index in [4.69, 9.17) is 4.74 Å². The van der Waals surface area contributed by atoms with Gasteiger partial charge in [-0.2, -0.15) is 0 Å². The van der Waals surface area contributed by atoms with Crippen LogP contribution in [-0.2, 0) is 14.3 Å². The molecule has 0 aromatic carbocycles. The van der Waals surface area contributed by atoms with Crippen molar-refractivity contribution in [2.24, 2.45) is 0 Å². The molecule has 88 valence electrons. The molecule has 0 atom stereocenters. The monoisotopic (exact) mass is 217 g/mol. The lowest BCUT2D eigenvalue weighted by Crippen LogP contribution is -2.38. The standard InChI is InChI=1S/C9H19N3O3/c1-8(13)11-4-3-10-7-9(14)12-5-6-15-2/h10H,3-7H2,1-2H3,(H,11,13)(H,12,14). The zero-order valence-electron chi connectivity index (χ0n) is 9.26. The highest BCUT2D eigenvalue weighted by Crippen LogP contribution is 1.67. The molecule has 2 amide bonds.